The summed E-state index contributed by atoms with van der Waals surface area (Å²) in [7, 11) is 0. The van der Waals surface area contributed by atoms with Crippen LogP contribution in [-0.4, -0.2) is 49.1 Å². The summed E-state index contributed by atoms with van der Waals surface area (Å²) in [4.78, 5) is 23.5. The van der Waals surface area contributed by atoms with E-state index in [-0.39, 0.29) is 17.7 Å². The van der Waals surface area contributed by atoms with Crippen molar-refractivity contribution < 1.29 is 19.3 Å². The molecule has 9 heteroatoms. The van der Waals surface area contributed by atoms with E-state index < -0.39 is 35.7 Å². The van der Waals surface area contributed by atoms with E-state index in [4.69, 9.17) is 19.2 Å². The minimum absolute atomic E-state index is 0.0465. The summed E-state index contributed by atoms with van der Waals surface area (Å²) in [6.45, 7) is 0.286. The number of imidazole rings is 1. The quantitative estimate of drug-likeness (QED) is 0.109. The molecule has 1 aliphatic heterocycles. The van der Waals surface area contributed by atoms with Crippen LogP contribution in [0.2, 0.25) is 0 Å². The van der Waals surface area contributed by atoms with Crippen molar-refractivity contribution in [1.82, 2.24) is 19.1 Å². The lowest BCUT2D eigenvalue weighted by Crippen LogP contribution is -2.45. The van der Waals surface area contributed by atoms with Crippen molar-refractivity contribution in [3.8, 4) is 0 Å². The fourth-order valence-electron chi connectivity index (χ4n) is 9.13. The van der Waals surface area contributed by atoms with Gasteiger partial charge in [0.2, 0.25) is 0 Å². The highest BCUT2D eigenvalue weighted by molar-refractivity contribution is 5.69. The zero-order valence-corrected chi connectivity index (χ0v) is 35.0. The van der Waals surface area contributed by atoms with Gasteiger partial charge in [-0.2, -0.15) is 0 Å². The molecular formula is C55H46N4O5. The van der Waals surface area contributed by atoms with Gasteiger partial charge in [-0.05, 0) is 38.9 Å². The molecule has 1 N–H and O–H groups in total. The second-order valence-electron chi connectivity index (χ2n) is 16.0. The summed E-state index contributed by atoms with van der Waals surface area (Å²) in [5.74, 6) is 0. The molecule has 2 aromatic heterocycles. The molecule has 3 heterocycles. The molecule has 9 nitrogen and oxygen atoms in total. The summed E-state index contributed by atoms with van der Waals surface area (Å²) in [5.41, 5.74) is 4.12. The van der Waals surface area contributed by atoms with E-state index in [2.05, 4.69) is 41.4 Å². The van der Waals surface area contributed by atoms with Gasteiger partial charge >= 0.3 is 0 Å². The van der Waals surface area contributed by atoms with Crippen molar-refractivity contribution in [2.45, 2.75) is 42.3 Å². The molecule has 316 valence electrons. The molecule has 0 amide bonds. The second kappa shape index (κ2) is 17.8. The van der Waals surface area contributed by atoms with Gasteiger partial charge in [-0.15, -0.1) is 0 Å². The van der Waals surface area contributed by atoms with Crippen molar-refractivity contribution in [3.05, 3.63) is 274 Å². The maximum Gasteiger partial charge on any atom is 0.281 e. The molecule has 0 unspecified atom stereocenters. The average molecular weight is 843 g/mol. The molecule has 0 saturated carbocycles. The molecule has 4 atom stereocenters. The number of aromatic nitrogens is 4. The number of hydrogen-bond donors (Lipinski definition) is 1. The number of fused-ring (bicyclic) bond motifs is 1. The van der Waals surface area contributed by atoms with Crippen LogP contribution in [0.25, 0.3) is 11.2 Å². The molecule has 1 saturated heterocycles. The maximum absolute atomic E-state index is 14.1. The third-order valence-electron chi connectivity index (χ3n) is 12.2. The predicted molar refractivity (Wildman–Crippen MR) is 246 cm³/mol. The van der Waals surface area contributed by atoms with Crippen LogP contribution in [0.15, 0.2) is 230 Å². The Morgan fingerprint density at radius 1 is 0.531 bits per heavy atom. The molecule has 10 rings (SSSR count). The number of aliphatic hydroxyl groups is 1. The van der Waals surface area contributed by atoms with Crippen LogP contribution in [0.4, 0.5) is 0 Å². The summed E-state index contributed by atoms with van der Waals surface area (Å²) < 4.78 is 25.2. The van der Waals surface area contributed by atoms with Crippen LogP contribution in [0.3, 0.4) is 0 Å². The Labute approximate surface area is 371 Å². The van der Waals surface area contributed by atoms with Gasteiger partial charge in [0.15, 0.2) is 17.4 Å². The Morgan fingerprint density at radius 3 is 1.38 bits per heavy atom. The van der Waals surface area contributed by atoms with Gasteiger partial charge in [0.1, 0.15) is 35.8 Å². The maximum atomic E-state index is 14.1. The fourth-order valence-corrected chi connectivity index (χ4v) is 9.13. The van der Waals surface area contributed by atoms with Crippen LogP contribution >= 0.6 is 0 Å². The van der Waals surface area contributed by atoms with Gasteiger partial charge in [0, 0.05) is 0 Å². The van der Waals surface area contributed by atoms with Gasteiger partial charge in [-0.25, -0.2) is 9.97 Å². The highest BCUT2D eigenvalue weighted by Crippen LogP contribution is 2.47. The van der Waals surface area contributed by atoms with Crippen LogP contribution < -0.4 is 5.56 Å². The number of rotatable bonds is 14. The van der Waals surface area contributed by atoms with Crippen molar-refractivity contribution in [3.63, 3.8) is 0 Å². The SMILES string of the molecule is O=c1c2ncn([C@@H]3O[C@H](COC(c4ccccc4)(c4ccccc4)c4ccccc4)[C@@H](O)[C@H]3OC(c3ccccc3)(c3ccccc3)c3ccccc3)c2ncn1Cc1ccccc1. The monoisotopic (exact) mass is 842 g/mol. The summed E-state index contributed by atoms with van der Waals surface area (Å²) in [6, 6.07) is 70.1. The molecule has 0 spiro atoms. The first kappa shape index (κ1) is 40.8. The highest BCUT2D eigenvalue weighted by Gasteiger charge is 2.52. The zero-order chi connectivity index (χ0) is 43.4. The Hall–Kier alpha value is -7.27. The van der Waals surface area contributed by atoms with Gasteiger partial charge < -0.3 is 19.3 Å². The van der Waals surface area contributed by atoms with E-state index >= 15 is 0 Å². The third-order valence-corrected chi connectivity index (χ3v) is 12.2. The van der Waals surface area contributed by atoms with Crippen LogP contribution in [0.5, 0.6) is 0 Å². The lowest BCUT2D eigenvalue weighted by molar-refractivity contribution is -0.122. The lowest BCUT2D eigenvalue weighted by atomic mass is 9.79. The van der Waals surface area contributed by atoms with Gasteiger partial charge in [0.05, 0.1) is 19.5 Å². The molecule has 1 aliphatic rings. The van der Waals surface area contributed by atoms with Gasteiger partial charge in [-0.3, -0.25) is 13.9 Å². The summed E-state index contributed by atoms with van der Waals surface area (Å²) >= 11 is 0. The van der Waals surface area contributed by atoms with E-state index in [0.29, 0.717) is 12.2 Å². The van der Waals surface area contributed by atoms with Gasteiger partial charge in [-0.1, -0.05) is 212 Å². The van der Waals surface area contributed by atoms with Crippen LogP contribution in [-0.2, 0) is 32.0 Å². The van der Waals surface area contributed by atoms with Crippen LogP contribution in [0.1, 0.15) is 45.2 Å². The molecule has 9 aromatic rings. The first-order valence-corrected chi connectivity index (χ1v) is 21.5. The Bertz CT molecular complexity index is 2780. The average Bonchev–Trinajstić information content (AvgIpc) is 3.94. The first-order chi connectivity index (χ1) is 31.6. The van der Waals surface area contributed by atoms with Crippen molar-refractivity contribution in [2.24, 2.45) is 0 Å². The highest BCUT2D eigenvalue weighted by atomic mass is 16.6. The van der Waals surface area contributed by atoms with Crippen molar-refractivity contribution in [1.29, 1.82) is 0 Å². The molecule has 1 fully saturated rings. The van der Waals surface area contributed by atoms with E-state index in [0.717, 1.165) is 38.9 Å². The molecule has 0 aliphatic carbocycles. The summed E-state index contributed by atoms with van der Waals surface area (Å²) in [6.07, 6.45) is -1.16. The van der Waals surface area contributed by atoms with E-state index in [9.17, 15) is 9.90 Å². The Morgan fingerprint density at radius 2 is 0.938 bits per heavy atom. The molecule has 7 aromatic carbocycles. The van der Waals surface area contributed by atoms with Gasteiger partial charge in [0.25, 0.3) is 5.56 Å². The Kier molecular flexibility index (Phi) is 11.4. The number of nitrogens with zero attached hydrogens (tertiary/aromatic N) is 4. The molecule has 0 radical (unpaired) electrons. The van der Waals surface area contributed by atoms with Crippen LogP contribution in [0, 0.1) is 0 Å². The number of ether oxygens (including phenoxy) is 3. The minimum Gasteiger partial charge on any atom is -0.387 e. The van der Waals surface area contributed by atoms with Crippen molar-refractivity contribution >= 4 is 11.2 Å². The van der Waals surface area contributed by atoms with Crippen molar-refractivity contribution in [2.75, 3.05) is 6.61 Å². The molecule has 64 heavy (non-hydrogen) atoms. The number of benzene rings is 7. The first-order valence-electron chi connectivity index (χ1n) is 21.5. The normalized spacial score (nSPS) is 17.7. The smallest absolute Gasteiger partial charge is 0.281 e. The lowest BCUT2D eigenvalue weighted by Gasteiger charge is -2.40. The van der Waals surface area contributed by atoms with E-state index in [1.165, 1.54) is 6.33 Å². The fraction of sp³-hybridized carbons (Fsp3) is 0.145. The summed E-state index contributed by atoms with van der Waals surface area (Å²) in [5, 5.41) is 12.9. The largest absolute Gasteiger partial charge is 0.387 e. The topological polar surface area (TPSA) is 101 Å². The predicted octanol–water partition coefficient (Wildman–Crippen LogP) is 9.29. The molecular weight excluding hydrogens is 797 g/mol. The third kappa shape index (κ3) is 7.44. The number of aliphatic hydroxyl groups excluding tert-OH is 1. The minimum atomic E-state index is -1.25. The number of hydrogen-bond acceptors (Lipinski definition) is 7. The zero-order valence-electron chi connectivity index (χ0n) is 35.0. The second-order valence-corrected chi connectivity index (χ2v) is 16.0. The standard InChI is InChI=1S/C55H46N4O5/c60-49-47(37-62-54(41-24-10-2-11-25-41,42-26-12-3-13-27-42)43-28-14-4-15-29-43)63-53(59-39-56-48-51(59)57-38-58(52(48)61)36-40-22-8-1-9-23-40)50(49)64-55(44-30-16-5-17-31-44,45-32-18-6-19-33-45)46-34-20-7-21-35-46/h1-35,38-39,47,49-50,53,60H,36-37H2/t47-,49-,50-,53-/m1/s1. The van der Waals surface area contributed by atoms with E-state index in [1.54, 1.807) is 15.5 Å². The Balaban J connectivity index is 1.11. The molecule has 0 bridgehead atoms. The van der Waals surface area contributed by atoms with E-state index in [1.807, 2.05) is 176 Å².